The zero-order valence-electron chi connectivity index (χ0n) is 10.4. The maximum absolute atomic E-state index is 12.6. The van der Waals surface area contributed by atoms with Gasteiger partial charge in [-0.1, -0.05) is 28.1 Å². The van der Waals surface area contributed by atoms with Gasteiger partial charge in [-0.25, -0.2) is 8.78 Å². The smallest absolute Gasteiger partial charge is 0.264 e. The molecule has 5 heteroatoms. The quantitative estimate of drug-likeness (QED) is 0.844. The van der Waals surface area contributed by atoms with E-state index in [9.17, 15) is 8.78 Å². The second-order valence-corrected chi connectivity index (χ2v) is 5.59. The number of benzene rings is 1. The highest BCUT2D eigenvalue weighted by atomic mass is 79.9. The molecule has 0 saturated carbocycles. The number of piperazine rings is 1. The Morgan fingerprint density at radius 1 is 1.22 bits per heavy atom. The standard InChI is InChI=1S/C13H17BrF2N2/c1-17-4-6-18(7-5-17)9-10-2-3-11(13(15)16)12(14)8-10/h2-3,8,13H,4-7,9H2,1H3. The molecular weight excluding hydrogens is 302 g/mol. The Kier molecular flexibility index (Phi) is 4.70. The summed E-state index contributed by atoms with van der Waals surface area (Å²) in [7, 11) is 2.12. The van der Waals surface area contributed by atoms with Gasteiger partial charge in [0, 0.05) is 42.8 Å². The summed E-state index contributed by atoms with van der Waals surface area (Å²) < 4.78 is 25.7. The average Bonchev–Trinajstić information content (AvgIpc) is 2.32. The van der Waals surface area contributed by atoms with Crippen molar-refractivity contribution >= 4 is 15.9 Å². The van der Waals surface area contributed by atoms with E-state index in [2.05, 4.69) is 32.8 Å². The van der Waals surface area contributed by atoms with Crippen LogP contribution >= 0.6 is 15.9 Å². The molecule has 1 heterocycles. The highest BCUT2D eigenvalue weighted by Gasteiger charge is 2.15. The highest BCUT2D eigenvalue weighted by molar-refractivity contribution is 9.10. The Bertz CT molecular complexity index is 404. The third-order valence-corrected chi connectivity index (χ3v) is 3.99. The first-order valence-corrected chi connectivity index (χ1v) is 6.83. The van der Waals surface area contributed by atoms with Crippen molar-refractivity contribution in [2.24, 2.45) is 0 Å². The first-order valence-electron chi connectivity index (χ1n) is 6.03. The number of halogens is 3. The van der Waals surface area contributed by atoms with E-state index in [1.54, 1.807) is 12.1 Å². The number of likely N-dealkylation sites (N-methyl/N-ethyl adjacent to an activating group) is 1. The number of hydrogen-bond acceptors (Lipinski definition) is 2. The van der Waals surface area contributed by atoms with Crippen LogP contribution in [0.5, 0.6) is 0 Å². The summed E-state index contributed by atoms with van der Waals surface area (Å²) in [4.78, 5) is 4.65. The van der Waals surface area contributed by atoms with Crippen LogP contribution in [0.1, 0.15) is 17.6 Å². The minimum absolute atomic E-state index is 0.0668. The lowest BCUT2D eigenvalue weighted by atomic mass is 10.1. The molecule has 1 aromatic carbocycles. The third kappa shape index (κ3) is 3.49. The van der Waals surface area contributed by atoms with E-state index >= 15 is 0 Å². The Labute approximate surface area is 115 Å². The number of hydrogen-bond donors (Lipinski definition) is 0. The summed E-state index contributed by atoms with van der Waals surface area (Å²) in [5.74, 6) is 0. The van der Waals surface area contributed by atoms with Gasteiger partial charge in [-0.15, -0.1) is 0 Å². The van der Waals surface area contributed by atoms with Crippen molar-refractivity contribution in [3.8, 4) is 0 Å². The summed E-state index contributed by atoms with van der Waals surface area (Å²) in [6.07, 6.45) is -2.42. The van der Waals surface area contributed by atoms with E-state index in [1.807, 2.05) is 0 Å². The number of nitrogens with zero attached hydrogens (tertiary/aromatic N) is 2. The van der Waals surface area contributed by atoms with Crippen LogP contribution in [-0.2, 0) is 6.54 Å². The zero-order valence-corrected chi connectivity index (χ0v) is 12.0. The summed E-state index contributed by atoms with van der Waals surface area (Å²) in [5.41, 5.74) is 1.15. The van der Waals surface area contributed by atoms with Gasteiger partial charge in [0.15, 0.2) is 0 Å². The lowest BCUT2D eigenvalue weighted by Crippen LogP contribution is -2.43. The van der Waals surface area contributed by atoms with Crippen molar-refractivity contribution in [1.82, 2.24) is 9.80 Å². The average molecular weight is 319 g/mol. The first kappa shape index (κ1) is 13.9. The molecule has 0 bridgehead atoms. The number of rotatable bonds is 3. The first-order chi connectivity index (χ1) is 8.56. The fourth-order valence-corrected chi connectivity index (χ4v) is 2.71. The molecule has 18 heavy (non-hydrogen) atoms. The maximum Gasteiger partial charge on any atom is 0.264 e. The largest absolute Gasteiger partial charge is 0.304 e. The van der Waals surface area contributed by atoms with Crippen molar-refractivity contribution in [3.05, 3.63) is 33.8 Å². The van der Waals surface area contributed by atoms with E-state index in [0.717, 1.165) is 38.3 Å². The predicted octanol–water partition coefficient (Wildman–Crippen LogP) is 3.13. The van der Waals surface area contributed by atoms with Gasteiger partial charge in [-0.3, -0.25) is 4.90 Å². The normalized spacial score (nSPS) is 18.5. The van der Waals surface area contributed by atoms with Gasteiger partial charge in [0.25, 0.3) is 6.43 Å². The van der Waals surface area contributed by atoms with Crippen molar-refractivity contribution in [1.29, 1.82) is 0 Å². The molecule has 0 N–H and O–H groups in total. The fraction of sp³-hybridized carbons (Fsp3) is 0.538. The summed E-state index contributed by atoms with van der Waals surface area (Å²) in [6.45, 7) is 5.03. The summed E-state index contributed by atoms with van der Waals surface area (Å²) in [6, 6.07) is 5.12. The van der Waals surface area contributed by atoms with Crippen LogP contribution in [0.3, 0.4) is 0 Å². The van der Waals surface area contributed by atoms with Crippen molar-refractivity contribution in [2.45, 2.75) is 13.0 Å². The molecule has 1 aliphatic heterocycles. The molecule has 0 spiro atoms. The molecule has 0 unspecified atom stereocenters. The Morgan fingerprint density at radius 2 is 1.89 bits per heavy atom. The molecule has 1 aliphatic rings. The van der Waals surface area contributed by atoms with Crippen molar-refractivity contribution in [2.75, 3.05) is 33.2 Å². The Balaban J connectivity index is 2.00. The summed E-state index contributed by atoms with van der Waals surface area (Å²) in [5, 5.41) is 0. The molecule has 2 nitrogen and oxygen atoms in total. The molecule has 0 radical (unpaired) electrons. The topological polar surface area (TPSA) is 6.48 Å². The van der Waals surface area contributed by atoms with E-state index in [-0.39, 0.29) is 5.56 Å². The Morgan fingerprint density at radius 3 is 2.44 bits per heavy atom. The van der Waals surface area contributed by atoms with Crippen LogP contribution in [-0.4, -0.2) is 43.0 Å². The number of alkyl halides is 2. The van der Waals surface area contributed by atoms with Gasteiger partial charge in [0.05, 0.1) is 0 Å². The van der Waals surface area contributed by atoms with E-state index in [4.69, 9.17) is 0 Å². The lowest BCUT2D eigenvalue weighted by molar-refractivity contribution is 0.147. The van der Waals surface area contributed by atoms with E-state index in [0.29, 0.717) is 4.47 Å². The molecule has 1 aromatic rings. The van der Waals surface area contributed by atoms with Crippen molar-refractivity contribution in [3.63, 3.8) is 0 Å². The SMILES string of the molecule is CN1CCN(Cc2ccc(C(F)F)c(Br)c2)CC1. The van der Waals surface area contributed by atoms with Gasteiger partial charge >= 0.3 is 0 Å². The van der Waals surface area contributed by atoms with Gasteiger partial charge in [-0.05, 0) is 18.7 Å². The second-order valence-electron chi connectivity index (χ2n) is 4.74. The highest BCUT2D eigenvalue weighted by Crippen LogP contribution is 2.28. The molecule has 0 aliphatic carbocycles. The summed E-state index contributed by atoms with van der Waals surface area (Å²) >= 11 is 3.22. The van der Waals surface area contributed by atoms with Gasteiger partial charge < -0.3 is 4.90 Å². The van der Waals surface area contributed by atoms with Gasteiger partial charge in [0.2, 0.25) is 0 Å². The molecule has 100 valence electrons. The predicted molar refractivity (Wildman–Crippen MR) is 71.9 cm³/mol. The Hall–Kier alpha value is -0.520. The minimum atomic E-state index is -2.42. The van der Waals surface area contributed by atoms with Crippen LogP contribution in [0.2, 0.25) is 0 Å². The van der Waals surface area contributed by atoms with Crippen LogP contribution in [0.4, 0.5) is 8.78 Å². The van der Waals surface area contributed by atoms with Gasteiger partial charge in [0.1, 0.15) is 0 Å². The zero-order chi connectivity index (χ0) is 13.1. The van der Waals surface area contributed by atoms with Crippen molar-refractivity contribution < 1.29 is 8.78 Å². The monoisotopic (exact) mass is 318 g/mol. The second kappa shape index (κ2) is 6.08. The lowest BCUT2D eigenvalue weighted by Gasteiger charge is -2.32. The molecule has 2 rings (SSSR count). The van der Waals surface area contributed by atoms with Crippen LogP contribution in [0.15, 0.2) is 22.7 Å². The molecule has 0 atom stereocenters. The minimum Gasteiger partial charge on any atom is -0.304 e. The maximum atomic E-state index is 12.6. The molecular formula is C13H17BrF2N2. The molecule has 1 fully saturated rings. The fourth-order valence-electron chi connectivity index (χ4n) is 2.11. The molecule has 0 amide bonds. The van der Waals surface area contributed by atoms with Gasteiger partial charge in [-0.2, -0.15) is 0 Å². The van der Waals surface area contributed by atoms with Crippen LogP contribution in [0, 0.1) is 0 Å². The molecule has 1 saturated heterocycles. The van der Waals surface area contributed by atoms with Crippen LogP contribution < -0.4 is 0 Å². The van der Waals surface area contributed by atoms with E-state index < -0.39 is 6.43 Å². The molecule has 0 aromatic heterocycles. The van der Waals surface area contributed by atoms with Crippen LogP contribution in [0.25, 0.3) is 0 Å². The third-order valence-electron chi connectivity index (χ3n) is 3.30. The van der Waals surface area contributed by atoms with E-state index in [1.165, 1.54) is 6.07 Å².